The molecule has 1 aromatic rings. The summed E-state index contributed by atoms with van der Waals surface area (Å²) in [5.41, 5.74) is 0.445. The van der Waals surface area contributed by atoms with Crippen LogP contribution < -0.4 is 0 Å². The lowest BCUT2D eigenvalue weighted by molar-refractivity contribution is -0.130. The van der Waals surface area contributed by atoms with Gasteiger partial charge in [0.25, 0.3) is 0 Å². The Morgan fingerprint density at radius 2 is 2.00 bits per heavy atom. The van der Waals surface area contributed by atoms with Crippen molar-refractivity contribution in [2.75, 3.05) is 13.1 Å². The minimum atomic E-state index is -0.609. The summed E-state index contributed by atoms with van der Waals surface area (Å²) < 4.78 is 0. The van der Waals surface area contributed by atoms with Crippen LogP contribution in [0.15, 0.2) is 30.3 Å². The largest absolute Gasteiger partial charge is 0.390 e. The van der Waals surface area contributed by atoms with Gasteiger partial charge in [-0.1, -0.05) is 30.3 Å². The third-order valence-electron chi connectivity index (χ3n) is 3.61. The minimum absolute atomic E-state index is 0.166. The molecule has 1 aliphatic heterocycles. The lowest BCUT2D eigenvalue weighted by Crippen LogP contribution is -2.34. The van der Waals surface area contributed by atoms with E-state index in [-0.39, 0.29) is 5.91 Å². The molecule has 0 aliphatic carbocycles. The fourth-order valence-corrected chi connectivity index (χ4v) is 2.40. The van der Waals surface area contributed by atoms with Crippen molar-refractivity contribution >= 4 is 5.91 Å². The van der Waals surface area contributed by atoms with Crippen LogP contribution >= 0.6 is 0 Å². The average molecular weight is 247 g/mol. The van der Waals surface area contributed by atoms with Crippen LogP contribution in [0.25, 0.3) is 0 Å². The number of aliphatic hydroxyl groups is 1. The summed E-state index contributed by atoms with van der Waals surface area (Å²) in [7, 11) is 0. The summed E-state index contributed by atoms with van der Waals surface area (Å²) in [5.74, 6) is 0.166. The van der Waals surface area contributed by atoms with E-state index in [9.17, 15) is 9.90 Å². The van der Waals surface area contributed by atoms with Gasteiger partial charge in [-0.25, -0.2) is 0 Å². The molecule has 2 rings (SSSR count). The monoisotopic (exact) mass is 247 g/mol. The van der Waals surface area contributed by atoms with Gasteiger partial charge in [0.1, 0.15) is 0 Å². The Bertz CT molecular complexity index is 400. The standard InChI is InChI=1S/C15H21NO2/c1-15(18)8-5-10-16(11-9-15)14(17)12-13-6-3-2-4-7-13/h2-4,6-7,18H,5,8-12H2,1H3. The van der Waals surface area contributed by atoms with Gasteiger partial charge in [0.05, 0.1) is 12.0 Å². The van der Waals surface area contributed by atoms with Crippen LogP contribution in [0.4, 0.5) is 0 Å². The van der Waals surface area contributed by atoms with Crippen LogP contribution in [0.2, 0.25) is 0 Å². The van der Waals surface area contributed by atoms with E-state index in [0.717, 1.165) is 24.9 Å². The van der Waals surface area contributed by atoms with Crippen molar-refractivity contribution in [1.82, 2.24) is 4.90 Å². The van der Waals surface area contributed by atoms with Gasteiger partial charge in [0, 0.05) is 13.1 Å². The van der Waals surface area contributed by atoms with Crippen molar-refractivity contribution in [2.24, 2.45) is 0 Å². The quantitative estimate of drug-likeness (QED) is 0.868. The summed E-state index contributed by atoms with van der Waals surface area (Å²) in [6.45, 7) is 3.29. The average Bonchev–Trinajstić information content (AvgIpc) is 2.51. The van der Waals surface area contributed by atoms with E-state index in [4.69, 9.17) is 0 Å². The summed E-state index contributed by atoms with van der Waals surface area (Å²) in [4.78, 5) is 14.1. The number of nitrogens with zero attached hydrogens (tertiary/aromatic N) is 1. The molecule has 18 heavy (non-hydrogen) atoms. The third-order valence-corrected chi connectivity index (χ3v) is 3.61. The molecule has 1 saturated heterocycles. The second-order valence-corrected chi connectivity index (χ2v) is 5.39. The van der Waals surface area contributed by atoms with Crippen molar-refractivity contribution in [3.8, 4) is 0 Å². The molecule has 0 aromatic heterocycles. The van der Waals surface area contributed by atoms with Crippen LogP contribution in [0.5, 0.6) is 0 Å². The molecule has 0 saturated carbocycles. The van der Waals surface area contributed by atoms with Gasteiger partial charge in [-0.2, -0.15) is 0 Å². The van der Waals surface area contributed by atoms with Crippen LogP contribution in [-0.4, -0.2) is 34.6 Å². The van der Waals surface area contributed by atoms with Crippen molar-refractivity contribution in [1.29, 1.82) is 0 Å². The topological polar surface area (TPSA) is 40.5 Å². The molecule has 3 nitrogen and oxygen atoms in total. The van der Waals surface area contributed by atoms with E-state index in [0.29, 0.717) is 19.4 Å². The Morgan fingerprint density at radius 1 is 1.28 bits per heavy atom. The van der Waals surface area contributed by atoms with Crippen molar-refractivity contribution in [3.05, 3.63) is 35.9 Å². The molecule has 1 aliphatic rings. The summed E-state index contributed by atoms with van der Waals surface area (Å²) >= 11 is 0. The molecular weight excluding hydrogens is 226 g/mol. The Hall–Kier alpha value is -1.35. The highest BCUT2D eigenvalue weighted by Crippen LogP contribution is 2.21. The first-order chi connectivity index (χ1) is 8.57. The van der Waals surface area contributed by atoms with Gasteiger partial charge in [-0.05, 0) is 31.7 Å². The Kier molecular flexibility index (Phi) is 4.02. The van der Waals surface area contributed by atoms with E-state index in [1.165, 1.54) is 0 Å². The van der Waals surface area contributed by atoms with E-state index in [1.54, 1.807) is 0 Å². The lowest BCUT2D eigenvalue weighted by atomic mass is 9.98. The maximum atomic E-state index is 12.2. The molecule has 0 spiro atoms. The Balaban J connectivity index is 1.93. The fraction of sp³-hybridized carbons (Fsp3) is 0.533. The zero-order valence-electron chi connectivity index (χ0n) is 10.9. The molecule has 0 radical (unpaired) electrons. The molecule has 0 bridgehead atoms. The predicted molar refractivity (Wildman–Crippen MR) is 71.2 cm³/mol. The van der Waals surface area contributed by atoms with Crippen molar-refractivity contribution in [2.45, 2.75) is 38.2 Å². The summed E-state index contributed by atoms with van der Waals surface area (Å²) in [5, 5.41) is 10.0. The molecule has 1 amide bonds. The Labute approximate surface area is 108 Å². The molecule has 1 aromatic carbocycles. The minimum Gasteiger partial charge on any atom is -0.390 e. The van der Waals surface area contributed by atoms with Crippen LogP contribution in [-0.2, 0) is 11.2 Å². The normalized spacial score (nSPS) is 24.7. The number of amides is 1. The van der Waals surface area contributed by atoms with Crippen LogP contribution in [0, 0.1) is 0 Å². The SMILES string of the molecule is CC1(O)CCCN(C(=O)Cc2ccccc2)CC1. The highest BCUT2D eigenvalue weighted by atomic mass is 16.3. The molecule has 1 N–H and O–H groups in total. The molecule has 1 heterocycles. The lowest BCUT2D eigenvalue weighted by Gasteiger charge is -2.22. The van der Waals surface area contributed by atoms with Crippen molar-refractivity contribution < 1.29 is 9.90 Å². The van der Waals surface area contributed by atoms with Gasteiger partial charge in [0.2, 0.25) is 5.91 Å². The van der Waals surface area contributed by atoms with E-state index in [2.05, 4.69) is 0 Å². The number of benzene rings is 1. The number of hydrogen-bond donors (Lipinski definition) is 1. The highest BCUT2D eigenvalue weighted by molar-refractivity contribution is 5.78. The number of hydrogen-bond acceptors (Lipinski definition) is 2. The zero-order valence-corrected chi connectivity index (χ0v) is 10.9. The van der Waals surface area contributed by atoms with Gasteiger partial charge >= 0.3 is 0 Å². The third kappa shape index (κ3) is 3.57. The smallest absolute Gasteiger partial charge is 0.226 e. The Morgan fingerprint density at radius 3 is 2.72 bits per heavy atom. The number of likely N-dealkylation sites (tertiary alicyclic amines) is 1. The maximum Gasteiger partial charge on any atom is 0.226 e. The molecular formula is C15H21NO2. The number of carbonyl (C=O) groups is 1. The van der Waals surface area contributed by atoms with Crippen LogP contribution in [0.3, 0.4) is 0 Å². The molecule has 1 unspecified atom stereocenters. The molecule has 1 fully saturated rings. The van der Waals surface area contributed by atoms with Crippen LogP contribution in [0.1, 0.15) is 31.7 Å². The second kappa shape index (κ2) is 5.53. The molecule has 98 valence electrons. The first-order valence-corrected chi connectivity index (χ1v) is 6.61. The zero-order chi connectivity index (χ0) is 13.0. The van der Waals surface area contributed by atoms with Gasteiger partial charge in [-0.3, -0.25) is 4.79 Å². The number of rotatable bonds is 2. The number of carbonyl (C=O) groups excluding carboxylic acids is 1. The highest BCUT2D eigenvalue weighted by Gasteiger charge is 2.26. The van der Waals surface area contributed by atoms with E-state index < -0.39 is 5.60 Å². The second-order valence-electron chi connectivity index (χ2n) is 5.39. The molecule has 3 heteroatoms. The first kappa shape index (κ1) is 13.1. The van der Waals surface area contributed by atoms with Gasteiger partial charge in [0.15, 0.2) is 0 Å². The van der Waals surface area contributed by atoms with Crippen molar-refractivity contribution in [3.63, 3.8) is 0 Å². The van der Waals surface area contributed by atoms with E-state index in [1.807, 2.05) is 42.2 Å². The first-order valence-electron chi connectivity index (χ1n) is 6.61. The van der Waals surface area contributed by atoms with E-state index >= 15 is 0 Å². The predicted octanol–water partition coefficient (Wildman–Crippen LogP) is 1.99. The van der Waals surface area contributed by atoms with Gasteiger partial charge in [-0.15, -0.1) is 0 Å². The summed E-state index contributed by atoms with van der Waals surface area (Å²) in [6.07, 6.45) is 2.80. The maximum absolute atomic E-state index is 12.2. The fourth-order valence-electron chi connectivity index (χ4n) is 2.40. The summed E-state index contributed by atoms with van der Waals surface area (Å²) in [6, 6.07) is 9.82. The van der Waals surface area contributed by atoms with Gasteiger partial charge < -0.3 is 10.0 Å². The molecule has 1 atom stereocenters.